The monoisotopic (exact) mass is 892 g/mol. The molecule has 0 bridgehead atoms. The first kappa shape index (κ1) is 37.6. The number of benzene rings is 5. The Morgan fingerprint density at radius 1 is 0.750 bits per heavy atom. The summed E-state index contributed by atoms with van der Waals surface area (Å²) in [6, 6.07) is 47.2. The van der Waals surface area contributed by atoms with E-state index in [1.165, 1.54) is 36.5 Å². The zero-order valence-electron chi connectivity index (χ0n) is 31.2. The van der Waals surface area contributed by atoms with Gasteiger partial charge in [0.25, 0.3) is 0 Å². The number of para-hydroxylation sites is 2. The first-order valence-corrected chi connectivity index (χ1v) is 22.1. The van der Waals surface area contributed by atoms with Crippen molar-refractivity contribution in [3.63, 3.8) is 0 Å². The average Bonchev–Trinajstić information content (AvgIpc) is 3.70. The number of imidazole rings is 1. The molecule has 8 aromatic rings. The molecule has 6 heteroatoms. The maximum absolute atomic E-state index is 5.03. The van der Waals surface area contributed by atoms with Crippen LogP contribution < -0.4 is 5.19 Å². The zero-order chi connectivity index (χ0) is 35.9. The van der Waals surface area contributed by atoms with Gasteiger partial charge in [0.15, 0.2) is 0 Å². The summed E-state index contributed by atoms with van der Waals surface area (Å²) in [5, 5.41) is 4.02. The van der Waals surface area contributed by atoms with E-state index in [0.717, 1.165) is 39.4 Å². The third-order valence-electron chi connectivity index (χ3n) is 9.45. The molecular formula is C46H45IrN3SSi-2. The van der Waals surface area contributed by atoms with Crippen molar-refractivity contribution in [2.45, 2.75) is 65.6 Å². The zero-order valence-corrected chi connectivity index (χ0v) is 35.4. The molecule has 0 unspecified atom stereocenters. The molecule has 0 aliphatic rings. The second-order valence-corrected chi connectivity index (χ2v) is 21.7. The number of fused-ring (bicyclic) bond motifs is 4. The Balaban J connectivity index is 0.000000200. The van der Waals surface area contributed by atoms with Crippen LogP contribution in [0.15, 0.2) is 121 Å². The van der Waals surface area contributed by atoms with Gasteiger partial charge in [-0.2, -0.15) is 11.3 Å². The maximum atomic E-state index is 5.03. The third kappa shape index (κ3) is 7.63. The Hall–Kier alpha value is -4.19. The van der Waals surface area contributed by atoms with E-state index in [2.05, 4.69) is 173 Å². The second-order valence-electron chi connectivity index (χ2n) is 15.6. The van der Waals surface area contributed by atoms with Gasteiger partial charge in [0.05, 0.1) is 24.9 Å². The Morgan fingerprint density at radius 2 is 1.46 bits per heavy atom. The van der Waals surface area contributed by atoms with Gasteiger partial charge in [-0.15, -0.1) is 59.7 Å². The van der Waals surface area contributed by atoms with Crippen LogP contribution in [-0.4, -0.2) is 22.6 Å². The van der Waals surface area contributed by atoms with Gasteiger partial charge >= 0.3 is 0 Å². The third-order valence-corrected chi connectivity index (χ3v) is 12.6. The van der Waals surface area contributed by atoms with Crippen LogP contribution >= 0.6 is 11.3 Å². The number of pyridine rings is 1. The first-order valence-electron chi connectivity index (χ1n) is 17.8. The molecule has 1 radical (unpaired) electrons. The normalized spacial score (nSPS) is 11.9. The van der Waals surface area contributed by atoms with Gasteiger partial charge in [-0.3, -0.25) is 4.98 Å². The molecule has 52 heavy (non-hydrogen) atoms. The van der Waals surface area contributed by atoms with Crippen LogP contribution in [0.3, 0.4) is 0 Å². The van der Waals surface area contributed by atoms with E-state index in [1.54, 1.807) is 0 Å². The predicted molar refractivity (Wildman–Crippen MR) is 223 cm³/mol. The number of hydrogen-bond acceptors (Lipinski definition) is 3. The topological polar surface area (TPSA) is 30.7 Å². The molecule has 0 amide bonds. The molecule has 0 saturated heterocycles. The van der Waals surface area contributed by atoms with Crippen LogP contribution in [0.25, 0.3) is 59.5 Å². The molecule has 3 heterocycles. The number of thiophene rings is 1. The summed E-state index contributed by atoms with van der Waals surface area (Å²) >= 11 is 1.83. The Kier molecular flexibility index (Phi) is 10.9. The van der Waals surface area contributed by atoms with Gasteiger partial charge in [0.2, 0.25) is 0 Å². The van der Waals surface area contributed by atoms with Crippen LogP contribution in [0.2, 0.25) is 19.6 Å². The van der Waals surface area contributed by atoms with Crippen LogP contribution in [0, 0.1) is 12.1 Å². The summed E-state index contributed by atoms with van der Waals surface area (Å²) in [6.45, 7) is 18.4. The Morgan fingerprint density at radius 3 is 2.15 bits per heavy atom. The molecule has 0 fully saturated rings. The number of aromatic nitrogens is 3. The molecule has 0 spiro atoms. The summed E-state index contributed by atoms with van der Waals surface area (Å²) in [5.41, 5.74) is 9.23. The van der Waals surface area contributed by atoms with E-state index < -0.39 is 8.07 Å². The molecule has 0 N–H and O–H groups in total. The van der Waals surface area contributed by atoms with Crippen LogP contribution in [-0.2, 0) is 25.5 Å². The molecule has 5 aromatic carbocycles. The molecular weight excluding hydrogens is 847 g/mol. The molecule has 0 saturated carbocycles. The number of nitrogens with zero attached hydrogens (tertiary/aromatic N) is 3. The SMILES string of the molecule is CC(C)(C)c1ccc(-n2c(-c3[c-]cc4c(c3)sc3ccccc34)nc3ccccc32)cc1.CC(C)c1cc(-c2[c-]cccc2)ncc1[Si](C)(C)C.[Ir]. The van der Waals surface area contributed by atoms with Crippen molar-refractivity contribution in [3.8, 4) is 28.3 Å². The molecule has 0 atom stereocenters. The minimum absolute atomic E-state index is 0. The average molecular weight is 892 g/mol. The predicted octanol–water partition coefficient (Wildman–Crippen LogP) is 12.4. The van der Waals surface area contributed by atoms with Gasteiger partial charge in [-0.25, -0.2) is 0 Å². The summed E-state index contributed by atoms with van der Waals surface area (Å²) in [7, 11) is -1.34. The second kappa shape index (κ2) is 15.0. The van der Waals surface area contributed by atoms with Gasteiger partial charge < -0.3 is 9.55 Å². The van der Waals surface area contributed by atoms with Gasteiger partial charge in [0.1, 0.15) is 0 Å². The fraction of sp³-hybridized carbons (Fsp3) is 0.217. The maximum Gasteiger partial charge on any atom is 0.0799 e. The van der Waals surface area contributed by atoms with Gasteiger partial charge in [-0.05, 0) is 68.2 Å². The van der Waals surface area contributed by atoms with Crippen molar-refractivity contribution >= 4 is 55.8 Å². The Labute approximate surface area is 327 Å². The van der Waals surface area contributed by atoms with Crippen molar-refractivity contribution in [1.82, 2.24) is 14.5 Å². The largest absolute Gasteiger partial charge is 0.333 e. The van der Waals surface area contributed by atoms with Crippen molar-refractivity contribution in [2.24, 2.45) is 0 Å². The van der Waals surface area contributed by atoms with E-state index in [9.17, 15) is 0 Å². The quantitative estimate of drug-likeness (QED) is 0.127. The first-order chi connectivity index (χ1) is 24.4. The molecule has 265 valence electrons. The summed E-state index contributed by atoms with van der Waals surface area (Å²) in [5.74, 6) is 1.46. The fourth-order valence-corrected chi connectivity index (χ4v) is 9.45. The smallest absolute Gasteiger partial charge is 0.0799 e. The van der Waals surface area contributed by atoms with Crippen LogP contribution in [0.5, 0.6) is 0 Å². The van der Waals surface area contributed by atoms with Crippen molar-refractivity contribution in [1.29, 1.82) is 0 Å². The number of rotatable bonds is 5. The van der Waals surface area contributed by atoms with E-state index in [4.69, 9.17) is 4.98 Å². The summed E-state index contributed by atoms with van der Waals surface area (Å²) in [6.07, 6.45) is 2.09. The van der Waals surface area contributed by atoms with E-state index in [1.807, 2.05) is 35.6 Å². The molecule has 0 aliphatic heterocycles. The Bertz CT molecular complexity index is 2470. The van der Waals surface area contributed by atoms with Crippen molar-refractivity contribution < 1.29 is 20.1 Å². The number of hydrogen-bond donors (Lipinski definition) is 0. The van der Waals surface area contributed by atoms with Gasteiger partial charge in [-0.1, -0.05) is 114 Å². The van der Waals surface area contributed by atoms with E-state index in [0.29, 0.717) is 5.92 Å². The summed E-state index contributed by atoms with van der Waals surface area (Å²) in [4.78, 5) is 9.69. The minimum atomic E-state index is -1.34. The van der Waals surface area contributed by atoms with E-state index >= 15 is 0 Å². The standard InChI is InChI=1S/C29H23N2S.C17H22NSi.Ir/c1-29(2,3)20-13-15-21(16-14-20)31-25-10-6-5-9-24(25)30-28(31)19-12-17-23-22-8-4-7-11-26(22)32-27(23)18-19;1-13(2)15-11-16(14-9-7-6-8-10-14)18-12-17(15)19(3,4)5;/h4-11,13-18H,1-3H3;6-9,11-13H,1-5H3;/q2*-1;. The minimum Gasteiger partial charge on any atom is -0.333 e. The van der Waals surface area contributed by atoms with Crippen molar-refractivity contribution in [2.75, 3.05) is 0 Å². The fourth-order valence-electron chi connectivity index (χ4n) is 6.65. The van der Waals surface area contributed by atoms with Crippen LogP contribution in [0.1, 0.15) is 51.7 Å². The molecule has 8 rings (SSSR count). The van der Waals surface area contributed by atoms with Gasteiger partial charge in [0, 0.05) is 36.7 Å². The van der Waals surface area contributed by atoms with Crippen molar-refractivity contribution in [3.05, 3.63) is 145 Å². The molecule has 0 aliphatic carbocycles. The summed E-state index contributed by atoms with van der Waals surface area (Å²) < 4.78 is 4.83. The molecule has 3 aromatic heterocycles. The van der Waals surface area contributed by atoms with Crippen LogP contribution in [0.4, 0.5) is 0 Å². The van der Waals surface area contributed by atoms with E-state index in [-0.39, 0.29) is 25.5 Å². The molecule has 3 nitrogen and oxygen atoms in total.